The lowest BCUT2D eigenvalue weighted by Crippen LogP contribution is -2.36. The molecule has 2 aromatic rings. The van der Waals surface area contributed by atoms with E-state index < -0.39 is 6.10 Å². The minimum Gasteiger partial charge on any atom is -0.385 e. The topological polar surface area (TPSA) is 83.6 Å². The number of aromatic nitrogens is 3. The van der Waals surface area contributed by atoms with Gasteiger partial charge in [0.25, 0.3) is 5.56 Å². The maximum atomic E-state index is 12.6. The lowest BCUT2D eigenvalue weighted by molar-refractivity contribution is -0.132. The van der Waals surface area contributed by atoms with Crippen molar-refractivity contribution in [1.82, 2.24) is 24.1 Å². The van der Waals surface area contributed by atoms with Crippen molar-refractivity contribution in [2.45, 2.75) is 32.2 Å². The van der Waals surface area contributed by atoms with Gasteiger partial charge in [0.2, 0.25) is 5.91 Å². The van der Waals surface area contributed by atoms with E-state index in [-0.39, 0.29) is 18.0 Å². The number of amides is 1. The highest BCUT2D eigenvalue weighted by Gasteiger charge is 2.23. The van der Waals surface area contributed by atoms with Crippen LogP contribution in [0.2, 0.25) is 0 Å². The van der Waals surface area contributed by atoms with Crippen LogP contribution < -0.4 is 5.56 Å². The summed E-state index contributed by atoms with van der Waals surface area (Å²) in [7, 11) is 3.80. The quantitative estimate of drug-likeness (QED) is 0.817. The minimum atomic E-state index is -0.656. The van der Waals surface area contributed by atoms with Gasteiger partial charge in [-0.15, -0.1) is 0 Å². The molecule has 8 heteroatoms. The van der Waals surface area contributed by atoms with Gasteiger partial charge in [0.1, 0.15) is 12.6 Å². The molecule has 1 N–H and O–H groups in total. The number of likely N-dealkylation sites (N-methyl/N-ethyl adjacent to an activating group) is 1. The fourth-order valence-corrected chi connectivity index (χ4v) is 3.14. The highest BCUT2D eigenvalue weighted by molar-refractivity contribution is 5.76. The van der Waals surface area contributed by atoms with E-state index in [1.807, 2.05) is 29.7 Å². The molecular weight excluding hydrogens is 334 g/mol. The molecule has 3 rings (SSSR count). The first-order valence-corrected chi connectivity index (χ1v) is 8.76. The van der Waals surface area contributed by atoms with Crippen molar-refractivity contribution in [2.75, 3.05) is 27.2 Å². The second kappa shape index (κ2) is 7.84. The van der Waals surface area contributed by atoms with Gasteiger partial charge in [-0.25, -0.2) is 0 Å². The van der Waals surface area contributed by atoms with Crippen LogP contribution in [0.3, 0.4) is 0 Å². The van der Waals surface area contributed by atoms with Crippen LogP contribution in [-0.2, 0) is 24.4 Å². The van der Waals surface area contributed by atoms with Gasteiger partial charge in [-0.3, -0.25) is 14.3 Å². The smallest absolute Gasteiger partial charge is 0.250 e. The largest absolute Gasteiger partial charge is 0.385 e. The third-order valence-corrected chi connectivity index (χ3v) is 4.47. The maximum Gasteiger partial charge on any atom is 0.250 e. The van der Waals surface area contributed by atoms with E-state index in [0.717, 1.165) is 12.1 Å². The average molecular weight is 359 g/mol. The molecule has 1 aliphatic rings. The predicted molar refractivity (Wildman–Crippen MR) is 96.5 cm³/mol. The molecule has 0 aromatic carbocycles. The molecule has 0 saturated carbocycles. The Morgan fingerprint density at radius 1 is 1.35 bits per heavy atom. The number of hydrogen-bond donors (Lipinski definition) is 1. The van der Waals surface area contributed by atoms with Crippen molar-refractivity contribution in [1.29, 1.82) is 0 Å². The van der Waals surface area contributed by atoms with Crippen LogP contribution in [0.1, 0.15) is 23.9 Å². The van der Waals surface area contributed by atoms with Gasteiger partial charge in [-0.2, -0.15) is 5.10 Å². The SMILES string of the molecule is CN(C)C[C@@H](O)c1cc2n(n1)CCCN(C(=O)Cn1ccccc1=O)C2. The number of pyridine rings is 1. The normalized spacial score (nSPS) is 15.6. The van der Waals surface area contributed by atoms with Gasteiger partial charge in [0, 0.05) is 31.9 Å². The number of carbonyl (C=O) groups excluding carboxylic acids is 1. The third-order valence-electron chi connectivity index (χ3n) is 4.47. The zero-order valence-electron chi connectivity index (χ0n) is 15.2. The van der Waals surface area contributed by atoms with Crippen molar-refractivity contribution >= 4 is 5.91 Å². The number of aryl methyl sites for hydroxylation is 1. The average Bonchev–Trinajstić information content (AvgIpc) is 2.88. The van der Waals surface area contributed by atoms with Crippen LogP contribution in [0.15, 0.2) is 35.3 Å². The maximum absolute atomic E-state index is 12.6. The summed E-state index contributed by atoms with van der Waals surface area (Å²) >= 11 is 0. The lowest BCUT2D eigenvalue weighted by Gasteiger charge is -2.20. The van der Waals surface area contributed by atoms with Gasteiger partial charge in [0.15, 0.2) is 0 Å². The molecule has 8 nitrogen and oxygen atoms in total. The molecule has 0 unspecified atom stereocenters. The Kier molecular flexibility index (Phi) is 5.53. The number of aliphatic hydroxyl groups is 1. The number of carbonyl (C=O) groups is 1. The van der Waals surface area contributed by atoms with E-state index in [9.17, 15) is 14.7 Å². The number of nitrogens with zero attached hydrogens (tertiary/aromatic N) is 5. The summed E-state index contributed by atoms with van der Waals surface area (Å²) in [6.07, 6.45) is 1.75. The molecule has 0 radical (unpaired) electrons. The van der Waals surface area contributed by atoms with E-state index in [2.05, 4.69) is 5.10 Å². The summed E-state index contributed by atoms with van der Waals surface area (Å²) in [5.74, 6) is -0.0941. The lowest BCUT2D eigenvalue weighted by atomic mass is 10.2. The molecule has 0 bridgehead atoms. The second-order valence-corrected chi connectivity index (χ2v) is 6.90. The van der Waals surface area contributed by atoms with Crippen molar-refractivity contribution in [3.63, 3.8) is 0 Å². The predicted octanol–water partition coefficient (Wildman–Crippen LogP) is 0.0723. The first-order valence-electron chi connectivity index (χ1n) is 8.76. The fraction of sp³-hybridized carbons (Fsp3) is 0.500. The molecule has 2 aromatic heterocycles. The summed E-state index contributed by atoms with van der Waals surface area (Å²) in [6, 6.07) is 6.72. The number of rotatable bonds is 5. The molecule has 0 fully saturated rings. The van der Waals surface area contributed by atoms with Crippen LogP contribution in [0, 0.1) is 0 Å². The molecule has 26 heavy (non-hydrogen) atoms. The minimum absolute atomic E-state index is 0.0317. The monoisotopic (exact) mass is 359 g/mol. The molecule has 0 saturated heterocycles. The van der Waals surface area contributed by atoms with Gasteiger partial charge >= 0.3 is 0 Å². The first-order chi connectivity index (χ1) is 12.4. The first kappa shape index (κ1) is 18.3. The van der Waals surface area contributed by atoms with Crippen molar-refractivity contribution < 1.29 is 9.90 Å². The Morgan fingerprint density at radius 2 is 2.15 bits per heavy atom. The van der Waals surface area contributed by atoms with Gasteiger partial charge in [-0.05, 0) is 32.6 Å². The molecule has 1 atom stereocenters. The van der Waals surface area contributed by atoms with Crippen LogP contribution in [0.25, 0.3) is 0 Å². The zero-order chi connectivity index (χ0) is 18.7. The van der Waals surface area contributed by atoms with Crippen molar-refractivity contribution in [3.05, 3.63) is 52.2 Å². The summed E-state index contributed by atoms with van der Waals surface area (Å²) in [5, 5.41) is 14.8. The van der Waals surface area contributed by atoms with E-state index in [1.54, 1.807) is 23.2 Å². The molecule has 0 spiro atoms. The molecular formula is C18H25N5O3. The van der Waals surface area contributed by atoms with Crippen LogP contribution in [0.5, 0.6) is 0 Å². The molecule has 140 valence electrons. The van der Waals surface area contributed by atoms with Crippen molar-refractivity contribution in [2.24, 2.45) is 0 Å². The standard InChI is InChI=1S/C18H25N5O3/c1-20(2)12-16(24)15-10-14-11-21(8-5-9-23(14)19-15)18(26)13-22-7-4-3-6-17(22)25/h3-4,6-7,10,16,24H,5,8-9,11-13H2,1-2H3/t16-/m1/s1. The van der Waals surface area contributed by atoms with E-state index in [1.165, 1.54) is 10.6 Å². The fourth-order valence-electron chi connectivity index (χ4n) is 3.14. The molecule has 0 aliphatic carbocycles. The van der Waals surface area contributed by atoms with Crippen LogP contribution >= 0.6 is 0 Å². The number of hydrogen-bond acceptors (Lipinski definition) is 5. The van der Waals surface area contributed by atoms with E-state index in [0.29, 0.717) is 31.9 Å². The third kappa shape index (κ3) is 4.20. The highest BCUT2D eigenvalue weighted by atomic mass is 16.3. The Hall–Kier alpha value is -2.45. The number of fused-ring (bicyclic) bond motifs is 1. The highest BCUT2D eigenvalue weighted by Crippen LogP contribution is 2.19. The van der Waals surface area contributed by atoms with Gasteiger partial charge in [0.05, 0.1) is 17.9 Å². The van der Waals surface area contributed by atoms with Crippen molar-refractivity contribution in [3.8, 4) is 0 Å². The second-order valence-electron chi connectivity index (χ2n) is 6.90. The van der Waals surface area contributed by atoms with Gasteiger partial charge in [-0.1, -0.05) is 6.07 Å². The summed E-state index contributed by atoms with van der Waals surface area (Å²) in [4.78, 5) is 28.1. The molecule has 1 aliphatic heterocycles. The summed E-state index contributed by atoms with van der Waals surface area (Å²) in [6.45, 7) is 2.29. The molecule has 1 amide bonds. The summed E-state index contributed by atoms with van der Waals surface area (Å²) in [5.41, 5.74) is 1.35. The van der Waals surface area contributed by atoms with Crippen LogP contribution in [-0.4, -0.2) is 62.3 Å². The van der Waals surface area contributed by atoms with E-state index in [4.69, 9.17) is 0 Å². The number of aliphatic hydroxyl groups excluding tert-OH is 1. The Balaban J connectivity index is 1.73. The Bertz CT molecular complexity index is 826. The Morgan fingerprint density at radius 3 is 2.88 bits per heavy atom. The summed E-state index contributed by atoms with van der Waals surface area (Å²) < 4.78 is 3.28. The van der Waals surface area contributed by atoms with E-state index >= 15 is 0 Å². The Labute approximate surface area is 152 Å². The zero-order valence-corrected chi connectivity index (χ0v) is 15.2. The van der Waals surface area contributed by atoms with Gasteiger partial charge < -0.3 is 19.5 Å². The molecule has 3 heterocycles. The van der Waals surface area contributed by atoms with Crippen LogP contribution in [0.4, 0.5) is 0 Å².